The topological polar surface area (TPSA) is 41.6 Å². The van der Waals surface area contributed by atoms with Crippen molar-refractivity contribution in [2.24, 2.45) is 7.05 Å². The van der Waals surface area contributed by atoms with Crippen LogP contribution in [0.25, 0.3) is 10.9 Å². The van der Waals surface area contributed by atoms with Crippen molar-refractivity contribution in [2.75, 3.05) is 0 Å². The van der Waals surface area contributed by atoms with Gasteiger partial charge >= 0.3 is 0 Å². The minimum Gasteiger partial charge on any atom is -0.257 e. The summed E-state index contributed by atoms with van der Waals surface area (Å²) in [5.74, 6) is 0. The summed E-state index contributed by atoms with van der Waals surface area (Å²) in [6, 6.07) is 8.07. The van der Waals surface area contributed by atoms with E-state index in [1.54, 1.807) is 11.7 Å². The molecule has 0 fully saturated rings. The van der Waals surface area contributed by atoms with Gasteiger partial charge in [0.1, 0.15) is 11.8 Å². The lowest BCUT2D eigenvalue weighted by molar-refractivity contribution is 0.767. The van der Waals surface area contributed by atoms with Gasteiger partial charge < -0.3 is 0 Å². The minimum absolute atomic E-state index is 0.624. The number of hydrogen-bond acceptors (Lipinski definition) is 2. The number of aryl methyl sites for hydroxylation is 2. The van der Waals surface area contributed by atoms with E-state index in [0.29, 0.717) is 5.69 Å². The van der Waals surface area contributed by atoms with Crippen molar-refractivity contribution in [2.45, 2.75) is 6.92 Å². The summed E-state index contributed by atoms with van der Waals surface area (Å²) < 4.78 is 1.62. The summed E-state index contributed by atoms with van der Waals surface area (Å²) in [4.78, 5) is 0. The van der Waals surface area contributed by atoms with E-state index in [4.69, 9.17) is 5.26 Å². The fraction of sp³-hybridized carbons (Fsp3) is 0.200. The van der Waals surface area contributed by atoms with Crippen LogP contribution in [0.4, 0.5) is 0 Å². The van der Waals surface area contributed by atoms with Gasteiger partial charge in [-0.3, -0.25) is 4.68 Å². The summed E-state index contributed by atoms with van der Waals surface area (Å²) in [6.45, 7) is 2.01. The van der Waals surface area contributed by atoms with E-state index >= 15 is 0 Å². The predicted octanol–water partition coefficient (Wildman–Crippen LogP) is 1.75. The minimum atomic E-state index is 0.624. The van der Waals surface area contributed by atoms with Crippen LogP contribution in [-0.4, -0.2) is 9.78 Å². The van der Waals surface area contributed by atoms with Crippen LogP contribution in [0.5, 0.6) is 0 Å². The fourth-order valence-electron chi connectivity index (χ4n) is 1.45. The lowest BCUT2D eigenvalue weighted by Crippen LogP contribution is -1.92. The first kappa shape index (κ1) is 7.81. The Morgan fingerprint density at radius 2 is 2.23 bits per heavy atom. The maximum atomic E-state index is 8.89. The molecular formula is C10H9N3. The van der Waals surface area contributed by atoms with Crippen molar-refractivity contribution in [3.8, 4) is 6.07 Å². The molecule has 3 nitrogen and oxygen atoms in total. The highest BCUT2D eigenvalue weighted by atomic mass is 15.3. The van der Waals surface area contributed by atoms with E-state index < -0.39 is 0 Å². The number of aromatic nitrogens is 2. The fourth-order valence-corrected chi connectivity index (χ4v) is 1.45. The number of nitrogens with zero attached hydrogens (tertiary/aromatic N) is 3. The number of hydrogen-bond donors (Lipinski definition) is 0. The first-order valence-electron chi connectivity index (χ1n) is 4.06. The summed E-state index contributed by atoms with van der Waals surface area (Å²) in [7, 11) is 1.79. The Labute approximate surface area is 76.2 Å². The Kier molecular flexibility index (Phi) is 1.56. The molecule has 2 rings (SSSR count). The zero-order valence-corrected chi connectivity index (χ0v) is 7.57. The van der Waals surface area contributed by atoms with Crippen LogP contribution >= 0.6 is 0 Å². The molecule has 0 atom stereocenters. The van der Waals surface area contributed by atoms with E-state index in [0.717, 1.165) is 16.5 Å². The number of rotatable bonds is 0. The van der Waals surface area contributed by atoms with E-state index in [2.05, 4.69) is 11.2 Å². The van der Waals surface area contributed by atoms with Crippen LogP contribution in [0.1, 0.15) is 11.3 Å². The van der Waals surface area contributed by atoms with E-state index in [1.165, 1.54) is 0 Å². The molecule has 3 heteroatoms. The highest BCUT2D eigenvalue weighted by Crippen LogP contribution is 2.17. The predicted molar refractivity (Wildman–Crippen MR) is 50.2 cm³/mol. The van der Waals surface area contributed by atoms with Gasteiger partial charge in [0, 0.05) is 12.4 Å². The molecule has 0 bridgehead atoms. The molecule has 0 aliphatic rings. The van der Waals surface area contributed by atoms with Gasteiger partial charge in [-0.25, -0.2) is 0 Å². The SMILES string of the molecule is Cc1ccc2nn(C)c(C#N)c2c1. The van der Waals surface area contributed by atoms with Crippen LogP contribution in [0.2, 0.25) is 0 Å². The Balaban J connectivity index is 2.91. The molecule has 0 spiro atoms. The monoisotopic (exact) mass is 171 g/mol. The van der Waals surface area contributed by atoms with Crippen molar-refractivity contribution < 1.29 is 0 Å². The second kappa shape index (κ2) is 2.60. The lowest BCUT2D eigenvalue weighted by Gasteiger charge is -1.90. The van der Waals surface area contributed by atoms with Gasteiger partial charge in [0.2, 0.25) is 0 Å². The molecule has 64 valence electrons. The Hall–Kier alpha value is -1.82. The molecule has 2 aromatic rings. The van der Waals surface area contributed by atoms with Gasteiger partial charge in [-0.05, 0) is 19.1 Å². The molecule has 0 amide bonds. The van der Waals surface area contributed by atoms with Crippen molar-refractivity contribution in [1.29, 1.82) is 5.26 Å². The highest BCUT2D eigenvalue weighted by Gasteiger charge is 2.06. The van der Waals surface area contributed by atoms with Crippen LogP contribution in [0.3, 0.4) is 0 Å². The molecule has 0 radical (unpaired) electrons. The lowest BCUT2D eigenvalue weighted by atomic mass is 10.1. The normalized spacial score (nSPS) is 10.2. The van der Waals surface area contributed by atoms with Crippen molar-refractivity contribution in [1.82, 2.24) is 9.78 Å². The van der Waals surface area contributed by atoms with Gasteiger partial charge in [-0.2, -0.15) is 10.4 Å². The van der Waals surface area contributed by atoms with Crippen LogP contribution in [-0.2, 0) is 7.05 Å². The molecule has 1 aromatic heterocycles. The zero-order chi connectivity index (χ0) is 9.42. The molecule has 0 saturated carbocycles. The summed E-state index contributed by atoms with van der Waals surface area (Å²) >= 11 is 0. The molecule has 1 heterocycles. The third-order valence-electron chi connectivity index (χ3n) is 2.09. The zero-order valence-electron chi connectivity index (χ0n) is 7.57. The molecule has 0 unspecified atom stereocenters. The quantitative estimate of drug-likeness (QED) is 0.606. The van der Waals surface area contributed by atoms with Gasteiger partial charge in [0.05, 0.1) is 5.52 Å². The van der Waals surface area contributed by atoms with E-state index in [9.17, 15) is 0 Å². The van der Waals surface area contributed by atoms with Crippen molar-refractivity contribution >= 4 is 10.9 Å². The highest BCUT2D eigenvalue weighted by molar-refractivity contribution is 5.84. The Morgan fingerprint density at radius 1 is 1.46 bits per heavy atom. The van der Waals surface area contributed by atoms with Crippen LogP contribution in [0, 0.1) is 18.3 Å². The third kappa shape index (κ3) is 1.07. The molecule has 0 aliphatic heterocycles. The summed E-state index contributed by atoms with van der Waals surface area (Å²) in [6.07, 6.45) is 0. The number of benzene rings is 1. The maximum absolute atomic E-state index is 8.89. The standard InChI is InChI=1S/C10H9N3/c1-7-3-4-9-8(5-7)10(6-11)13(2)12-9/h3-5H,1-2H3. The molecule has 0 N–H and O–H groups in total. The second-order valence-electron chi connectivity index (χ2n) is 3.10. The first-order chi connectivity index (χ1) is 6.22. The molecular weight excluding hydrogens is 162 g/mol. The van der Waals surface area contributed by atoms with Gasteiger partial charge in [0.15, 0.2) is 0 Å². The maximum Gasteiger partial charge on any atom is 0.146 e. The third-order valence-corrected chi connectivity index (χ3v) is 2.09. The van der Waals surface area contributed by atoms with Crippen molar-refractivity contribution in [3.63, 3.8) is 0 Å². The molecule has 13 heavy (non-hydrogen) atoms. The second-order valence-corrected chi connectivity index (χ2v) is 3.10. The van der Waals surface area contributed by atoms with Gasteiger partial charge in [-0.15, -0.1) is 0 Å². The Morgan fingerprint density at radius 3 is 2.92 bits per heavy atom. The van der Waals surface area contributed by atoms with Gasteiger partial charge in [0.25, 0.3) is 0 Å². The molecule has 0 aliphatic carbocycles. The summed E-state index contributed by atoms with van der Waals surface area (Å²) in [5.41, 5.74) is 2.65. The first-order valence-corrected chi connectivity index (χ1v) is 4.06. The molecule has 0 saturated heterocycles. The number of nitriles is 1. The number of fused-ring (bicyclic) bond motifs is 1. The van der Waals surface area contributed by atoms with Crippen molar-refractivity contribution in [3.05, 3.63) is 29.5 Å². The van der Waals surface area contributed by atoms with Gasteiger partial charge in [-0.1, -0.05) is 11.6 Å². The average molecular weight is 171 g/mol. The smallest absolute Gasteiger partial charge is 0.146 e. The van der Waals surface area contributed by atoms with Crippen LogP contribution < -0.4 is 0 Å². The summed E-state index contributed by atoms with van der Waals surface area (Å²) in [5, 5.41) is 14.0. The largest absolute Gasteiger partial charge is 0.257 e. The molecule has 1 aromatic carbocycles. The van der Waals surface area contributed by atoms with E-state index in [1.807, 2.05) is 25.1 Å². The average Bonchev–Trinajstić information content (AvgIpc) is 2.40. The van der Waals surface area contributed by atoms with E-state index in [-0.39, 0.29) is 0 Å². The van der Waals surface area contributed by atoms with Crippen LogP contribution in [0.15, 0.2) is 18.2 Å². The Bertz CT molecular complexity index is 503.